The minimum Gasteiger partial charge on any atom is -0.478 e. The molecule has 1 heterocycles. The molecular formula is C14H20N2O2. The van der Waals surface area contributed by atoms with Crippen LogP contribution in [0.4, 0.5) is 0 Å². The Bertz CT molecular complexity index is 486. The number of hydrogen-bond donors (Lipinski definition) is 1. The fourth-order valence-corrected chi connectivity index (χ4v) is 2.78. The molecule has 4 heteroatoms. The lowest BCUT2D eigenvalue weighted by atomic mass is 9.95. The maximum atomic E-state index is 11.4. The zero-order chi connectivity index (χ0) is 13.3. The number of hydrogen-bond acceptors (Lipinski definition) is 2. The first-order chi connectivity index (χ1) is 8.56. The van der Waals surface area contributed by atoms with E-state index in [1.54, 1.807) is 6.20 Å². The van der Waals surface area contributed by atoms with Crippen molar-refractivity contribution in [3.63, 3.8) is 0 Å². The lowest BCUT2D eigenvalue weighted by Gasteiger charge is -2.17. The lowest BCUT2D eigenvalue weighted by molar-refractivity contribution is -0.132. The van der Waals surface area contributed by atoms with E-state index in [1.807, 2.05) is 10.7 Å². The van der Waals surface area contributed by atoms with Gasteiger partial charge in [0, 0.05) is 17.8 Å². The van der Waals surface area contributed by atoms with Crippen molar-refractivity contribution in [2.24, 2.45) is 5.92 Å². The first-order valence-electron chi connectivity index (χ1n) is 6.56. The van der Waals surface area contributed by atoms with Crippen LogP contribution in [0.1, 0.15) is 51.8 Å². The van der Waals surface area contributed by atoms with Crippen LogP contribution in [0.3, 0.4) is 0 Å². The number of carbonyl (C=O) groups is 1. The molecule has 0 fully saturated rings. The molecule has 0 saturated heterocycles. The van der Waals surface area contributed by atoms with Crippen molar-refractivity contribution in [2.75, 3.05) is 0 Å². The van der Waals surface area contributed by atoms with Gasteiger partial charge in [-0.05, 0) is 50.7 Å². The summed E-state index contributed by atoms with van der Waals surface area (Å²) >= 11 is 0. The van der Waals surface area contributed by atoms with Gasteiger partial charge in [-0.2, -0.15) is 5.10 Å². The number of carboxylic acids is 1. The summed E-state index contributed by atoms with van der Waals surface area (Å²) < 4.78 is 1.92. The molecule has 0 bridgehead atoms. The number of carboxylic acid groups (broad SMARTS) is 1. The van der Waals surface area contributed by atoms with Crippen LogP contribution in [0.25, 0.3) is 5.57 Å². The Balaban J connectivity index is 2.53. The molecule has 1 aliphatic rings. The third kappa shape index (κ3) is 2.07. The molecule has 1 unspecified atom stereocenters. The van der Waals surface area contributed by atoms with Crippen LogP contribution in [0, 0.1) is 5.92 Å². The van der Waals surface area contributed by atoms with Crippen molar-refractivity contribution in [1.29, 1.82) is 0 Å². The van der Waals surface area contributed by atoms with Crippen molar-refractivity contribution in [1.82, 2.24) is 9.78 Å². The second-order valence-electron chi connectivity index (χ2n) is 5.10. The van der Waals surface area contributed by atoms with Crippen LogP contribution in [0.2, 0.25) is 0 Å². The fourth-order valence-electron chi connectivity index (χ4n) is 2.78. The molecule has 0 amide bonds. The average Bonchev–Trinajstić information content (AvgIpc) is 2.94. The molecule has 0 spiro atoms. The molecule has 18 heavy (non-hydrogen) atoms. The third-order valence-corrected chi connectivity index (χ3v) is 3.66. The van der Waals surface area contributed by atoms with E-state index < -0.39 is 5.97 Å². The summed E-state index contributed by atoms with van der Waals surface area (Å²) in [5, 5.41) is 13.7. The predicted octanol–water partition coefficient (Wildman–Crippen LogP) is 3.12. The summed E-state index contributed by atoms with van der Waals surface area (Å²) in [7, 11) is 0. The monoisotopic (exact) mass is 248 g/mol. The molecule has 0 aliphatic heterocycles. The van der Waals surface area contributed by atoms with E-state index >= 15 is 0 Å². The first-order valence-corrected chi connectivity index (χ1v) is 6.56. The molecule has 98 valence electrons. The Morgan fingerprint density at radius 2 is 2.33 bits per heavy atom. The van der Waals surface area contributed by atoms with Crippen LogP contribution in [-0.2, 0) is 4.79 Å². The number of rotatable bonds is 4. The van der Waals surface area contributed by atoms with Crippen molar-refractivity contribution in [2.45, 2.75) is 46.1 Å². The van der Waals surface area contributed by atoms with Gasteiger partial charge in [0.1, 0.15) is 0 Å². The molecule has 1 aromatic heterocycles. The second-order valence-corrected chi connectivity index (χ2v) is 5.10. The third-order valence-electron chi connectivity index (χ3n) is 3.66. The Morgan fingerprint density at radius 3 is 2.89 bits per heavy atom. The average molecular weight is 248 g/mol. The van der Waals surface area contributed by atoms with E-state index in [4.69, 9.17) is 0 Å². The van der Waals surface area contributed by atoms with Crippen molar-refractivity contribution in [3.8, 4) is 0 Å². The number of aliphatic carboxylic acids is 1. The van der Waals surface area contributed by atoms with Gasteiger partial charge in [0.15, 0.2) is 0 Å². The normalized spacial score (nSPS) is 19.9. The molecule has 0 radical (unpaired) electrons. The molecule has 0 saturated carbocycles. The molecular weight excluding hydrogens is 228 g/mol. The van der Waals surface area contributed by atoms with Crippen LogP contribution in [0.15, 0.2) is 17.8 Å². The molecule has 1 aliphatic carbocycles. The fraction of sp³-hybridized carbons (Fsp3) is 0.571. The Labute approximate surface area is 107 Å². The van der Waals surface area contributed by atoms with E-state index in [0.29, 0.717) is 17.9 Å². The van der Waals surface area contributed by atoms with E-state index in [1.165, 1.54) is 0 Å². The van der Waals surface area contributed by atoms with Gasteiger partial charge >= 0.3 is 5.97 Å². The smallest absolute Gasteiger partial charge is 0.331 e. The van der Waals surface area contributed by atoms with E-state index in [2.05, 4.69) is 25.9 Å². The quantitative estimate of drug-likeness (QED) is 0.890. The highest BCUT2D eigenvalue weighted by Crippen LogP contribution is 2.41. The van der Waals surface area contributed by atoms with Gasteiger partial charge in [0.2, 0.25) is 0 Å². The zero-order valence-corrected chi connectivity index (χ0v) is 11.2. The van der Waals surface area contributed by atoms with Crippen LogP contribution in [0.5, 0.6) is 0 Å². The number of nitrogens with zero attached hydrogens (tertiary/aromatic N) is 2. The van der Waals surface area contributed by atoms with Crippen molar-refractivity contribution in [3.05, 3.63) is 23.5 Å². The van der Waals surface area contributed by atoms with E-state index in [9.17, 15) is 9.90 Å². The topological polar surface area (TPSA) is 55.1 Å². The summed E-state index contributed by atoms with van der Waals surface area (Å²) in [5.74, 6) is -0.428. The molecule has 0 aromatic carbocycles. The van der Waals surface area contributed by atoms with E-state index in [-0.39, 0.29) is 6.04 Å². The highest BCUT2D eigenvalue weighted by atomic mass is 16.4. The molecule has 4 nitrogen and oxygen atoms in total. The highest BCUT2D eigenvalue weighted by Gasteiger charge is 2.31. The Hall–Kier alpha value is -1.58. The molecule has 1 atom stereocenters. The highest BCUT2D eigenvalue weighted by molar-refractivity contribution is 5.97. The Morgan fingerprint density at radius 1 is 1.61 bits per heavy atom. The summed E-state index contributed by atoms with van der Waals surface area (Å²) in [5.41, 5.74) is 2.55. The van der Waals surface area contributed by atoms with Gasteiger partial charge in [0.25, 0.3) is 0 Å². The van der Waals surface area contributed by atoms with E-state index in [0.717, 1.165) is 24.1 Å². The maximum Gasteiger partial charge on any atom is 0.331 e. The van der Waals surface area contributed by atoms with Crippen molar-refractivity contribution >= 4 is 11.5 Å². The van der Waals surface area contributed by atoms with Gasteiger partial charge in [-0.1, -0.05) is 6.92 Å². The standard InChI is InChI=1S/C14H20N2O2/c1-4-10-5-6-11(14(17)18)13(10)12-7-8-15-16(12)9(2)3/h7-10H,4-6H2,1-3H3,(H,17,18). The largest absolute Gasteiger partial charge is 0.478 e. The molecule has 2 rings (SSSR count). The van der Waals surface area contributed by atoms with Crippen molar-refractivity contribution < 1.29 is 9.90 Å². The summed E-state index contributed by atoms with van der Waals surface area (Å²) in [6.07, 6.45) is 4.35. The maximum absolute atomic E-state index is 11.4. The van der Waals surface area contributed by atoms with Crippen LogP contribution in [-0.4, -0.2) is 20.9 Å². The van der Waals surface area contributed by atoms with Gasteiger partial charge < -0.3 is 5.11 Å². The van der Waals surface area contributed by atoms with Gasteiger partial charge in [-0.3, -0.25) is 4.68 Å². The van der Waals surface area contributed by atoms with Gasteiger partial charge in [-0.15, -0.1) is 0 Å². The first kappa shape index (κ1) is 12.9. The molecule has 1 aromatic rings. The minimum atomic E-state index is -0.780. The minimum absolute atomic E-state index is 0.246. The number of allylic oxidation sites excluding steroid dienone is 1. The number of aromatic nitrogens is 2. The summed E-state index contributed by atoms with van der Waals surface area (Å²) in [6, 6.07) is 2.18. The van der Waals surface area contributed by atoms with Gasteiger partial charge in [0.05, 0.1) is 5.69 Å². The Kier molecular flexibility index (Phi) is 3.55. The van der Waals surface area contributed by atoms with Crippen LogP contribution >= 0.6 is 0 Å². The zero-order valence-electron chi connectivity index (χ0n) is 11.2. The lowest BCUT2D eigenvalue weighted by Crippen LogP contribution is -2.11. The van der Waals surface area contributed by atoms with Crippen LogP contribution < -0.4 is 0 Å². The summed E-state index contributed by atoms with van der Waals surface area (Å²) in [6.45, 7) is 6.24. The predicted molar refractivity (Wildman–Crippen MR) is 70.2 cm³/mol. The van der Waals surface area contributed by atoms with Gasteiger partial charge in [-0.25, -0.2) is 4.79 Å². The molecule has 1 N–H and O–H groups in total. The summed E-state index contributed by atoms with van der Waals surface area (Å²) in [4.78, 5) is 11.4. The SMILES string of the molecule is CCC1CCC(C(=O)O)=C1c1ccnn1C(C)C. The second kappa shape index (κ2) is 4.96.